The Hall–Kier alpha value is -2.02. The molecule has 1 aromatic rings. The third-order valence-corrected chi connectivity index (χ3v) is 4.95. The first-order valence-electron chi connectivity index (χ1n) is 8.78. The van der Waals surface area contributed by atoms with E-state index in [1.165, 1.54) is 6.26 Å². The van der Waals surface area contributed by atoms with Crippen LogP contribution in [0.4, 0.5) is 4.79 Å². The van der Waals surface area contributed by atoms with E-state index in [0.717, 1.165) is 45.6 Å². The molecule has 3 heterocycles. The van der Waals surface area contributed by atoms with Crippen molar-refractivity contribution in [3.05, 3.63) is 24.2 Å². The molecular weight excluding hydrogens is 308 g/mol. The van der Waals surface area contributed by atoms with Crippen molar-refractivity contribution in [2.45, 2.75) is 25.8 Å². The molecule has 7 heteroatoms. The molecular formula is C17H26N4O3. The van der Waals surface area contributed by atoms with E-state index in [0.29, 0.717) is 18.8 Å². The Morgan fingerprint density at radius 3 is 2.42 bits per heavy atom. The Kier molecular flexibility index (Phi) is 5.40. The molecule has 3 rings (SSSR count). The summed E-state index contributed by atoms with van der Waals surface area (Å²) in [5.74, 6) is 0.312. The molecule has 0 unspecified atom stereocenters. The molecule has 0 spiro atoms. The standard InChI is InChI=1S/C17H26N4O3/c1-2-19-9-11-21(12-10-19)17(23)18-14-5-7-20(8-6-14)16(22)15-4-3-13-24-15/h3-4,13-14H,2,5-12H2,1H3,(H,18,23). The number of amides is 3. The van der Waals surface area contributed by atoms with Crippen molar-refractivity contribution < 1.29 is 14.0 Å². The van der Waals surface area contributed by atoms with Gasteiger partial charge in [0.15, 0.2) is 5.76 Å². The van der Waals surface area contributed by atoms with Crippen LogP contribution in [0.25, 0.3) is 0 Å². The molecule has 24 heavy (non-hydrogen) atoms. The van der Waals surface area contributed by atoms with Gasteiger partial charge < -0.3 is 24.4 Å². The van der Waals surface area contributed by atoms with E-state index in [4.69, 9.17) is 4.42 Å². The normalized spacial score (nSPS) is 20.2. The van der Waals surface area contributed by atoms with Crippen LogP contribution < -0.4 is 5.32 Å². The summed E-state index contributed by atoms with van der Waals surface area (Å²) in [6, 6.07) is 3.58. The number of likely N-dealkylation sites (N-methyl/N-ethyl adjacent to an activating group) is 1. The van der Waals surface area contributed by atoms with Crippen LogP contribution in [0.15, 0.2) is 22.8 Å². The zero-order chi connectivity index (χ0) is 16.9. The molecule has 3 amide bonds. The van der Waals surface area contributed by atoms with E-state index in [1.54, 1.807) is 17.0 Å². The van der Waals surface area contributed by atoms with Gasteiger partial charge in [0.1, 0.15) is 0 Å². The number of piperidine rings is 1. The maximum atomic E-state index is 12.4. The zero-order valence-corrected chi connectivity index (χ0v) is 14.2. The molecule has 1 aromatic heterocycles. The Morgan fingerprint density at radius 2 is 1.83 bits per heavy atom. The van der Waals surface area contributed by atoms with Crippen LogP contribution in [0.1, 0.15) is 30.3 Å². The highest BCUT2D eigenvalue weighted by molar-refractivity contribution is 5.91. The Labute approximate surface area is 142 Å². The van der Waals surface area contributed by atoms with Crippen molar-refractivity contribution in [1.29, 1.82) is 0 Å². The van der Waals surface area contributed by atoms with Crippen LogP contribution in [0.2, 0.25) is 0 Å². The summed E-state index contributed by atoms with van der Waals surface area (Å²) in [4.78, 5) is 30.6. The zero-order valence-electron chi connectivity index (χ0n) is 14.2. The molecule has 7 nitrogen and oxygen atoms in total. The average Bonchev–Trinajstić information content (AvgIpc) is 3.16. The highest BCUT2D eigenvalue weighted by atomic mass is 16.3. The van der Waals surface area contributed by atoms with E-state index in [-0.39, 0.29) is 18.0 Å². The number of hydrogen-bond donors (Lipinski definition) is 1. The van der Waals surface area contributed by atoms with E-state index in [1.807, 2.05) is 4.90 Å². The maximum Gasteiger partial charge on any atom is 0.317 e. The molecule has 0 radical (unpaired) electrons. The number of carbonyl (C=O) groups excluding carboxylic acids is 2. The number of rotatable bonds is 3. The van der Waals surface area contributed by atoms with Crippen LogP contribution in [0.3, 0.4) is 0 Å². The quantitative estimate of drug-likeness (QED) is 0.903. The summed E-state index contributed by atoms with van der Waals surface area (Å²) in [6.45, 7) is 7.94. The second-order valence-corrected chi connectivity index (χ2v) is 6.41. The molecule has 2 aliphatic heterocycles. The first kappa shape index (κ1) is 16.8. The minimum absolute atomic E-state index is 0.0292. The summed E-state index contributed by atoms with van der Waals surface area (Å²) >= 11 is 0. The predicted molar refractivity (Wildman–Crippen MR) is 89.9 cm³/mol. The molecule has 0 saturated carbocycles. The van der Waals surface area contributed by atoms with Crippen LogP contribution in [0, 0.1) is 0 Å². The van der Waals surface area contributed by atoms with Crippen molar-refractivity contribution in [2.24, 2.45) is 0 Å². The van der Waals surface area contributed by atoms with Crippen molar-refractivity contribution in [1.82, 2.24) is 20.0 Å². The van der Waals surface area contributed by atoms with Gasteiger partial charge in [0.05, 0.1) is 6.26 Å². The van der Waals surface area contributed by atoms with Gasteiger partial charge in [-0.1, -0.05) is 6.92 Å². The van der Waals surface area contributed by atoms with Gasteiger partial charge in [-0.3, -0.25) is 4.79 Å². The lowest BCUT2D eigenvalue weighted by molar-refractivity contribution is 0.0672. The van der Waals surface area contributed by atoms with Crippen LogP contribution in [0.5, 0.6) is 0 Å². The summed E-state index contributed by atoms with van der Waals surface area (Å²) in [5, 5.41) is 3.12. The fourth-order valence-corrected chi connectivity index (χ4v) is 3.32. The fourth-order valence-electron chi connectivity index (χ4n) is 3.32. The molecule has 0 atom stereocenters. The first-order valence-corrected chi connectivity index (χ1v) is 8.78. The lowest BCUT2D eigenvalue weighted by atomic mass is 10.0. The lowest BCUT2D eigenvalue weighted by Crippen LogP contribution is -2.55. The predicted octanol–water partition coefficient (Wildman–Crippen LogP) is 1.23. The van der Waals surface area contributed by atoms with Gasteiger partial charge in [-0.2, -0.15) is 0 Å². The highest BCUT2D eigenvalue weighted by Crippen LogP contribution is 2.15. The number of furan rings is 1. The Balaban J connectivity index is 1.42. The lowest BCUT2D eigenvalue weighted by Gasteiger charge is -2.36. The van der Waals surface area contributed by atoms with Crippen LogP contribution >= 0.6 is 0 Å². The van der Waals surface area contributed by atoms with Crippen LogP contribution in [-0.2, 0) is 0 Å². The van der Waals surface area contributed by atoms with E-state index >= 15 is 0 Å². The van der Waals surface area contributed by atoms with Gasteiger partial charge in [0.2, 0.25) is 0 Å². The van der Waals surface area contributed by atoms with Gasteiger partial charge in [0.25, 0.3) is 5.91 Å². The number of piperazine rings is 1. The number of nitrogens with zero attached hydrogens (tertiary/aromatic N) is 3. The fraction of sp³-hybridized carbons (Fsp3) is 0.647. The molecule has 2 aliphatic rings. The van der Waals surface area contributed by atoms with E-state index < -0.39 is 0 Å². The van der Waals surface area contributed by atoms with Gasteiger partial charge >= 0.3 is 6.03 Å². The molecule has 132 valence electrons. The number of carbonyl (C=O) groups is 2. The van der Waals surface area contributed by atoms with Crippen molar-refractivity contribution in [2.75, 3.05) is 45.8 Å². The van der Waals surface area contributed by atoms with Crippen LogP contribution in [-0.4, -0.2) is 78.5 Å². The largest absolute Gasteiger partial charge is 0.459 e. The van der Waals surface area contributed by atoms with Gasteiger partial charge in [0, 0.05) is 45.3 Å². The smallest absolute Gasteiger partial charge is 0.317 e. The molecule has 0 aliphatic carbocycles. The van der Waals surface area contributed by atoms with Gasteiger partial charge in [-0.15, -0.1) is 0 Å². The summed E-state index contributed by atoms with van der Waals surface area (Å²) in [5.41, 5.74) is 0. The Morgan fingerprint density at radius 1 is 1.12 bits per heavy atom. The topological polar surface area (TPSA) is 69.0 Å². The SMILES string of the molecule is CCN1CCN(C(=O)NC2CCN(C(=O)c3ccco3)CC2)CC1. The second kappa shape index (κ2) is 7.70. The number of likely N-dealkylation sites (tertiary alicyclic amines) is 1. The monoisotopic (exact) mass is 334 g/mol. The van der Waals surface area contributed by atoms with Crippen molar-refractivity contribution in [3.63, 3.8) is 0 Å². The minimum Gasteiger partial charge on any atom is -0.459 e. The third kappa shape index (κ3) is 3.90. The minimum atomic E-state index is -0.0690. The summed E-state index contributed by atoms with van der Waals surface area (Å²) < 4.78 is 5.17. The highest BCUT2D eigenvalue weighted by Gasteiger charge is 2.27. The Bertz CT molecular complexity index is 544. The molecule has 0 aromatic carbocycles. The summed E-state index contributed by atoms with van der Waals surface area (Å²) in [6.07, 6.45) is 3.08. The maximum absolute atomic E-state index is 12.4. The second-order valence-electron chi connectivity index (χ2n) is 6.41. The van der Waals surface area contributed by atoms with Crippen molar-refractivity contribution in [3.8, 4) is 0 Å². The summed E-state index contributed by atoms with van der Waals surface area (Å²) in [7, 11) is 0. The van der Waals surface area contributed by atoms with E-state index in [2.05, 4.69) is 17.1 Å². The number of hydrogen-bond acceptors (Lipinski definition) is 4. The van der Waals surface area contributed by atoms with Crippen molar-refractivity contribution >= 4 is 11.9 Å². The number of urea groups is 1. The molecule has 2 fully saturated rings. The molecule has 1 N–H and O–H groups in total. The van der Waals surface area contributed by atoms with E-state index in [9.17, 15) is 9.59 Å². The third-order valence-electron chi connectivity index (χ3n) is 4.95. The number of nitrogens with one attached hydrogen (secondary N) is 1. The van der Waals surface area contributed by atoms with Gasteiger partial charge in [-0.05, 0) is 31.5 Å². The molecule has 2 saturated heterocycles. The average molecular weight is 334 g/mol. The first-order chi connectivity index (χ1) is 11.7. The molecule has 0 bridgehead atoms. The van der Waals surface area contributed by atoms with Gasteiger partial charge in [-0.25, -0.2) is 4.79 Å².